The molecule has 5 heteroatoms. The molecule has 0 aliphatic rings. The number of amides is 1. The maximum Gasteiger partial charge on any atom is 0.246 e. The van der Waals surface area contributed by atoms with Crippen LogP contribution in [-0.2, 0) is 11.3 Å². The second kappa shape index (κ2) is 8.67. The zero-order valence-electron chi connectivity index (χ0n) is 16.3. The lowest BCUT2D eigenvalue weighted by Crippen LogP contribution is -2.34. The summed E-state index contributed by atoms with van der Waals surface area (Å²) in [7, 11) is 1.89. The van der Waals surface area contributed by atoms with Gasteiger partial charge in [-0.05, 0) is 50.7 Å². The first-order chi connectivity index (χ1) is 13.4. The monoisotopic (exact) mass is 376 g/mol. The Balaban J connectivity index is 1.85. The average molecular weight is 376 g/mol. The molecule has 1 amide bonds. The van der Waals surface area contributed by atoms with Crippen molar-refractivity contribution in [1.82, 2.24) is 4.90 Å². The van der Waals surface area contributed by atoms with E-state index in [-0.39, 0.29) is 11.7 Å². The first-order valence-corrected chi connectivity index (χ1v) is 9.16. The molecule has 0 aliphatic heterocycles. The van der Waals surface area contributed by atoms with E-state index in [9.17, 15) is 9.59 Å². The summed E-state index contributed by atoms with van der Waals surface area (Å²) in [6, 6.07) is 19.9. The second-order valence-electron chi connectivity index (χ2n) is 6.87. The van der Waals surface area contributed by atoms with Gasteiger partial charge in [0.1, 0.15) is 17.6 Å². The van der Waals surface area contributed by atoms with Gasteiger partial charge in [0.05, 0.1) is 6.54 Å². The minimum atomic E-state index is -0.507. The molecule has 0 bridgehead atoms. The number of carbonyl (C=O) groups is 2. The smallest absolute Gasteiger partial charge is 0.246 e. The number of rotatable bonds is 7. The van der Waals surface area contributed by atoms with Gasteiger partial charge in [-0.2, -0.15) is 0 Å². The van der Waals surface area contributed by atoms with Gasteiger partial charge in [-0.3, -0.25) is 14.5 Å². The number of furan rings is 1. The van der Waals surface area contributed by atoms with Gasteiger partial charge in [0.2, 0.25) is 5.91 Å². The first-order valence-electron chi connectivity index (χ1n) is 9.16. The van der Waals surface area contributed by atoms with Gasteiger partial charge in [-0.15, -0.1) is 0 Å². The van der Waals surface area contributed by atoms with Gasteiger partial charge < -0.3 is 9.73 Å². The van der Waals surface area contributed by atoms with Crippen LogP contribution in [0, 0.1) is 6.92 Å². The van der Waals surface area contributed by atoms with Crippen LogP contribution in [0.4, 0.5) is 5.69 Å². The SMILES string of the molecule is CC(=O)c1cccc(NC(=O)C(c2ccccc2)N(C)Cc2ccc(C)o2)c1. The Morgan fingerprint density at radius 2 is 1.79 bits per heavy atom. The molecule has 1 unspecified atom stereocenters. The molecular weight excluding hydrogens is 352 g/mol. The van der Waals surface area contributed by atoms with Gasteiger partial charge in [-0.1, -0.05) is 42.5 Å². The Labute approximate surface area is 165 Å². The Bertz CT molecular complexity index is 963. The summed E-state index contributed by atoms with van der Waals surface area (Å²) < 4.78 is 5.67. The van der Waals surface area contributed by atoms with Crippen LogP contribution in [-0.4, -0.2) is 23.6 Å². The largest absolute Gasteiger partial charge is 0.465 e. The second-order valence-corrected chi connectivity index (χ2v) is 6.87. The number of benzene rings is 2. The molecule has 1 heterocycles. The summed E-state index contributed by atoms with van der Waals surface area (Å²) in [5.74, 6) is 1.43. The molecular formula is C23H24N2O3. The van der Waals surface area contributed by atoms with E-state index in [4.69, 9.17) is 4.42 Å². The van der Waals surface area contributed by atoms with Crippen LogP contribution >= 0.6 is 0 Å². The van der Waals surface area contributed by atoms with Crippen molar-refractivity contribution >= 4 is 17.4 Å². The topological polar surface area (TPSA) is 62.6 Å². The highest BCUT2D eigenvalue weighted by atomic mass is 16.3. The zero-order valence-corrected chi connectivity index (χ0v) is 16.3. The molecule has 1 N–H and O–H groups in total. The lowest BCUT2D eigenvalue weighted by atomic mass is 10.0. The fourth-order valence-electron chi connectivity index (χ4n) is 3.18. The maximum absolute atomic E-state index is 13.2. The minimum absolute atomic E-state index is 0.0407. The molecule has 0 radical (unpaired) electrons. The molecule has 1 aromatic heterocycles. The van der Waals surface area contributed by atoms with Crippen LogP contribution in [0.25, 0.3) is 0 Å². The molecule has 0 fully saturated rings. The zero-order chi connectivity index (χ0) is 20.1. The average Bonchev–Trinajstić information content (AvgIpc) is 3.07. The Hall–Kier alpha value is -3.18. The van der Waals surface area contributed by atoms with Crippen molar-refractivity contribution in [3.05, 3.63) is 89.4 Å². The molecule has 0 saturated heterocycles. The number of anilines is 1. The Kier molecular flexibility index (Phi) is 6.06. The van der Waals surface area contributed by atoms with Crippen LogP contribution in [0.5, 0.6) is 0 Å². The van der Waals surface area contributed by atoms with Gasteiger partial charge in [-0.25, -0.2) is 0 Å². The first kappa shape index (κ1) is 19.6. The highest BCUT2D eigenvalue weighted by Gasteiger charge is 2.26. The normalized spacial score (nSPS) is 12.0. The number of Topliss-reactive ketones (excluding diaryl/α,β-unsaturated/α-hetero) is 1. The summed E-state index contributed by atoms with van der Waals surface area (Å²) in [4.78, 5) is 26.7. The van der Waals surface area contributed by atoms with E-state index in [1.54, 1.807) is 24.3 Å². The molecule has 144 valence electrons. The van der Waals surface area contributed by atoms with Crippen molar-refractivity contribution in [2.24, 2.45) is 0 Å². The number of nitrogens with one attached hydrogen (secondary N) is 1. The predicted octanol–water partition coefficient (Wildman–Crippen LogP) is 4.60. The lowest BCUT2D eigenvalue weighted by molar-refractivity contribution is -0.121. The molecule has 0 spiro atoms. The van der Waals surface area contributed by atoms with Crippen LogP contribution in [0.3, 0.4) is 0 Å². The number of likely N-dealkylation sites (N-methyl/N-ethyl adjacent to an activating group) is 1. The highest BCUT2D eigenvalue weighted by Crippen LogP contribution is 2.24. The quantitative estimate of drug-likeness (QED) is 0.612. The van der Waals surface area contributed by atoms with Crippen molar-refractivity contribution in [2.45, 2.75) is 26.4 Å². The fourth-order valence-corrected chi connectivity index (χ4v) is 3.18. The van der Waals surface area contributed by atoms with Gasteiger partial charge >= 0.3 is 0 Å². The number of ketones is 1. The van der Waals surface area contributed by atoms with E-state index < -0.39 is 6.04 Å². The summed E-state index contributed by atoms with van der Waals surface area (Å²) in [5.41, 5.74) is 2.04. The number of aryl methyl sites for hydroxylation is 1. The molecule has 3 rings (SSSR count). The summed E-state index contributed by atoms with van der Waals surface area (Å²) >= 11 is 0. The summed E-state index contributed by atoms with van der Waals surface area (Å²) in [5, 5.41) is 2.94. The van der Waals surface area contributed by atoms with Gasteiger partial charge in [0.15, 0.2) is 5.78 Å². The van der Waals surface area contributed by atoms with Crippen LogP contribution in [0.15, 0.2) is 71.1 Å². The maximum atomic E-state index is 13.2. The third kappa shape index (κ3) is 4.75. The van der Waals surface area contributed by atoms with E-state index in [0.29, 0.717) is 17.8 Å². The van der Waals surface area contributed by atoms with E-state index in [1.165, 1.54) is 6.92 Å². The van der Waals surface area contributed by atoms with Crippen LogP contribution in [0.1, 0.15) is 40.4 Å². The minimum Gasteiger partial charge on any atom is -0.465 e. The predicted molar refractivity (Wildman–Crippen MR) is 109 cm³/mol. The van der Waals surface area contributed by atoms with Crippen molar-refractivity contribution in [1.29, 1.82) is 0 Å². The van der Waals surface area contributed by atoms with Crippen molar-refractivity contribution in [3.8, 4) is 0 Å². The van der Waals surface area contributed by atoms with Crippen LogP contribution < -0.4 is 5.32 Å². The third-order valence-electron chi connectivity index (χ3n) is 4.54. The molecule has 0 saturated carbocycles. The van der Waals surface area contributed by atoms with E-state index >= 15 is 0 Å². The summed E-state index contributed by atoms with van der Waals surface area (Å²) in [6.45, 7) is 3.90. The van der Waals surface area contributed by atoms with Gasteiger partial charge in [0.25, 0.3) is 0 Å². The Morgan fingerprint density at radius 1 is 1.04 bits per heavy atom. The highest BCUT2D eigenvalue weighted by molar-refractivity contribution is 5.98. The van der Waals surface area contributed by atoms with Crippen molar-refractivity contribution in [2.75, 3.05) is 12.4 Å². The van der Waals surface area contributed by atoms with E-state index in [1.807, 2.05) is 61.3 Å². The van der Waals surface area contributed by atoms with Crippen molar-refractivity contribution < 1.29 is 14.0 Å². The van der Waals surface area contributed by atoms with E-state index in [2.05, 4.69) is 5.32 Å². The molecule has 1 atom stereocenters. The lowest BCUT2D eigenvalue weighted by Gasteiger charge is -2.27. The number of hydrogen-bond donors (Lipinski definition) is 1. The summed E-state index contributed by atoms with van der Waals surface area (Å²) in [6.07, 6.45) is 0. The molecule has 5 nitrogen and oxygen atoms in total. The molecule has 3 aromatic rings. The van der Waals surface area contributed by atoms with Crippen LogP contribution in [0.2, 0.25) is 0 Å². The molecule has 0 aliphatic carbocycles. The van der Waals surface area contributed by atoms with Crippen molar-refractivity contribution in [3.63, 3.8) is 0 Å². The standard InChI is InChI=1S/C23H24N2O3/c1-16-12-13-21(28-16)15-25(3)22(18-8-5-4-6-9-18)23(27)24-20-11-7-10-19(14-20)17(2)26/h4-14,22H,15H2,1-3H3,(H,24,27). The number of hydrogen-bond acceptors (Lipinski definition) is 4. The third-order valence-corrected chi connectivity index (χ3v) is 4.54. The molecule has 2 aromatic carbocycles. The Morgan fingerprint density at radius 3 is 2.43 bits per heavy atom. The number of nitrogens with zero attached hydrogens (tertiary/aromatic N) is 1. The fraction of sp³-hybridized carbons (Fsp3) is 0.217. The van der Waals surface area contributed by atoms with Gasteiger partial charge in [0, 0.05) is 11.3 Å². The number of carbonyl (C=O) groups excluding carboxylic acids is 2. The van der Waals surface area contributed by atoms with E-state index in [0.717, 1.165) is 17.1 Å². The molecule has 28 heavy (non-hydrogen) atoms.